The fourth-order valence-corrected chi connectivity index (χ4v) is 2.72. The Morgan fingerprint density at radius 1 is 1.58 bits per heavy atom. The van der Waals surface area contributed by atoms with Gasteiger partial charge in [0.05, 0.1) is 6.04 Å². The zero-order valence-electron chi connectivity index (χ0n) is 6.94. The van der Waals surface area contributed by atoms with Crippen molar-refractivity contribution in [2.45, 2.75) is 18.9 Å². The van der Waals surface area contributed by atoms with E-state index >= 15 is 0 Å². The fourth-order valence-electron chi connectivity index (χ4n) is 2.72. The molecule has 3 aliphatic heterocycles. The molecule has 3 heterocycles. The standard InChI is InChI=1S/C9H12N2O/c12-6-11-8-3-7-1-2-10(4-8)5-9(7)11/h5-8H,1-4H2/t7-,8-/m1/s1. The minimum atomic E-state index is 0.481. The normalized spacial score (nSPS) is 37.2. The van der Waals surface area contributed by atoms with Crippen LogP contribution >= 0.6 is 0 Å². The second-order valence-electron chi connectivity index (χ2n) is 3.94. The number of amides is 1. The molecule has 1 amide bonds. The van der Waals surface area contributed by atoms with Crippen molar-refractivity contribution in [3.05, 3.63) is 11.9 Å². The van der Waals surface area contributed by atoms with Crippen LogP contribution in [0.3, 0.4) is 0 Å². The van der Waals surface area contributed by atoms with Crippen LogP contribution in [-0.4, -0.2) is 35.3 Å². The number of carbonyl (C=O) groups is 1. The molecule has 0 radical (unpaired) electrons. The largest absolute Gasteiger partial charge is 0.374 e. The third-order valence-electron chi connectivity index (χ3n) is 3.30. The maximum atomic E-state index is 10.8. The van der Waals surface area contributed by atoms with Crippen LogP contribution in [0.5, 0.6) is 0 Å². The fraction of sp³-hybridized carbons (Fsp3) is 0.667. The minimum absolute atomic E-state index is 0.481. The molecule has 1 fully saturated rings. The van der Waals surface area contributed by atoms with Crippen LogP contribution in [0.25, 0.3) is 0 Å². The Labute approximate surface area is 71.6 Å². The summed E-state index contributed by atoms with van der Waals surface area (Å²) in [7, 11) is 0. The molecule has 3 rings (SSSR count). The van der Waals surface area contributed by atoms with Gasteiger partial charge in [-0.3, -0.25) is 4.79 Å². The molecule has 0 aliphatic carbocycles. The maximum Gasteiger partial charge on any atom is 0.214 e. The third kappa shape index (κ3) is 0.642. The first-order chi connectivity index (χ1) is 5.88. The first-order valence-corrected chi connectivity index (χ1v) is 4.58. The van der Waals surface area contributed by atoms with E-state index in [2.05, 4.69) is 11.1 Å². The summed E-state index contributed by atoms with van der Waals surface area (Å²) in [5.41, 5.74) is 1.27. The summed E-state index contributed by atoms with van der Waals surface area (Å²) < 4.78 is 0. The molecule has 3 heteroatoms. The average molecular weight is 164 g/mol. The van der Waals surface area contributed by atoms with Crippen molar-refractivity contribution in [3.8, 4) is 0 Å². The van der Waals surface area contributed by atoms with Gasteiger partial charge < -0.3 is 9.80 Å². The van der Waals surface area contributed by atoms with E-state index < -0.39 is 0 Å². The summed E-state index contributed by atoms with van der Waals surface area (Å²) in [6.07, 6.45) is 5.61. The Balaban J connectivity index is 2.06. The van der Waals surface area contributed by atoms with E-state index in [1.807, 2.05) is 4.90 Å². The number of nitrogens with zero attached hydrogens (tertiary/aromatic N) is 2. The van der Waals surface area contributed by atoms with Crippen molar-refractivity contribution < 1.29 is 4.79 Å². The van der Waals surface area contributed by atoms with Gasteiger partial charge in [-0.1, -0.05) is 0 Å². The van der Waals surface area contributed by atoms with Gasteiger partial charge in [0.1, 0.15) is 0 Å². The summed E-state index contributed by atoms with van der Waals surface area (Å²) in [6, 6.07) is 0.481. The Kier molecular flexibility index (Phi) is 1.10. The number of hydrogen-bond donors (Lipinski definition) is 0. The van der Waals surface area contributed by atoms with Gasteiger partial charge in [0, 0.05) is 30.9 Å². The van der Waals surface area contributed by atoms with Crippen LogP contribution in [0.4, 0.5) is 0 Å². The summed E-state index contributed by atoms with van der Waals surface area (Å²) in [4.78, 5) is 15.0. The molecule has 3 bridgehead atoms. The van der Waals surface area contributed by atoms with Crippen LogP contribution in [0, 0.1) is 5.92 Å². The number of allylic oxidation sites excluding steroid dienone is 1. The zero-order chi connectivity index (χ0) is 8.13. The molecule has 3 nitrogen and oxygen atoms in total. The number of hydrogen-bond acceptors (Lipinski definition) is 2. The van der Waals surface area contributed by atoms with Crippen molar-refractivity contribution in [2.24, 2.45) is 5.92 Å². The van der Waals surface area contributed by atoms with E-state index in [-0.39, 0.29) is 0 Å². The number of carbonyl (C=O) groups excluding carboxylic acids is 1. The SMILES string of the molecule is O=CN1C2=CN3CC[C@@H]2C[C@@H]1C3. The van der Waals surface area contributed by atoms with Gasteiger partial charge in [-0.2, -0.15) is 0 Å². The van der Waals surface area contributed by atoms with Crippen LogP contribution < -0.4 is 0 Å². The Morgan fingerprint density at radius 2 is 2.50 bits per heavy atom. The van der Waals surface area contributed by atoms with E-state index in [9.17, 15) is 4.79 Å². The highest BCUT2D eigenvalue weighted by Crippen LogP contribution is 2.41. The molecular formula is C9H12N2O. The molecule has 2 atom stereocenters. The molecule has 64 valence electrons. The monoisotopic (exact) mass is 164 g/mol. The van der Waals surface area contributed by atoms with Crippen molar-refractivity contribution in [3.63, 3.8) is 0 Å². The molecule has 0 N–H and O–H groups in total. The van der Waals surface area contributed by atoms with Crippen molar-refractivity contribution >= 4 is 6.41 Å². The molecular weight excluding hydrogens is 152 g/mol. The Hall–Kier alpha value is -0.990. The Bertz CT molecular complexity index is 259. The quantitative estimate of drug-likeness (QED) is 0.523. The second-order valence-corrected chi connectivity index (χ2v) is 3.94. The lowest BCUT2D eigenvalue weighted by atomic mass is 10.00. The molecule has 0 aromatic carbocycles. The van der Waals surface area contributed by atoms with Crippen LogP contribution in [0.2, 0.25) is 0 Å². The summed E-state index contributed by atoms with van der Waals surface area (Å²) in [5.74, 6) is 0.680. The lowest BCUT2D eigenvalue weighted by Gasteiger charge is -2.36. The van der Waals surface area contributed by atoms with E-state index in [0.29, 0.717) is 12.0 Å². The highest BCUT2D eigenvalue weighted by atomic mass is 16.1. The van der Waals surface area contributed by atoms with Gasteiger partial charge in [-0.05, 0) is 12.8 Å². The smallest absolute Gasteiger partial charge is 0.214 e. The van der Waals surface area contributed by atoms with Crippen molar-refractivity contribution in [1.29, 1.82) is 0 Å². The summed E-state index contributed by atoms with van der Waals surface area (Å²) >= 11 is 0. The topological polar surface area (TPSA) is 23.6 Å². The molecule has 0 aromatic rings. The molecule has 3 aliphatic rings. The predicted molar refractivity (Wildman–Crippen MR) is 44.1 cm³/mol. The average Bonchev–Trinajstić information content (AvgIpc) is 2.24. The lowest BCUT2D eigenvalue weighted by molar-refractivity contribution is -0.118. The first kappa shape index (κ1) is 6.52. The Morgan fingerprint density at radius 3 is 3.33 bits per heavy atom. The van der Waals surface area contributed by atoms with Crippen LogP contribution in [0.15, 0.2) is 11.9 Å². The summed E-state index contributed by atoms with van der Waals surface area (Å²) in [6.45, 7) is 2.25. The van der Waals surface area contributed by atoms with Crippen LogP contribution in [0.1, 0.15) is 12.8 Å². The zero-order valence-corrected chi connectivity index (χ0v) is 6.94. The van der Waals surface area contributed by atoms with E-state index in [4.69, 9.17) is 0 Å². The van der Waals surface area contributed by atoms with Gasteiger partial charge in [0.15, 0.2) is 0 Å². The molecule has 0 spiro atoms. The van der Waals surface area contributed by atoms with Gasteiger partial charge in [0.25, 0.3) is 0 Å². The van der Waals surface area contributed by atoms with Gasteiger partial charge in [0.2, 0.25) is 6.41 Å². The highest BCUT2D eigenvalue weighted by Gasteiger charge is 2.42. The van der Waals surface area contributed by atoms with Crippen molar-refractivity contribution in [2.75, 3.05) is 13.1 Å². The van der Waals surface area contributed by atoms with E-state index in [0.717, 1.165) is 13.0 Å². The molecule has 0 unspecified atom stereocenters. The van der Waals surface area contributed by atoms with Gasteiger partial charge in [-0.25, -0.2) is 0 Å². The predicted octanol–water partition coefficient (Wildman–Crippen LogP) is 0.394. The third-order valence-corrected chi connectivity index (χ3v) is 3.30. The van der Waals surface area contributed by atoms with E-state index in [1.54, 1.807) is 0 Å². The lowest BCUT2D eigenvalue weighted by Crippen LogP contribution is -2.42. The molecule has 0 aromatic heterocycles. The second kappa shape index (κ2) is 2.03. The van der Waals surface area contributed by atoms with E-state index in [1.165, 1.54) is 25.1 Å². The van der Waals surface area contributed by atoms with Crippen molar-refractivity contribution in [1.82, 2.24) is 9.80 Å². The molecule has 12 heavy (non-hydrogen) atoms. The minimum Gasteiger partial charge on any atom is -0.374 e. The molecule has 0 saturated carbocycles. The van der Waals surface area contributed by atoms with Gasteiger partial charge in [-0.15, -0.1) is 0 Å². The highest BCUT2D eigenvalue weighted by molar-refractivity contribution is 5.54. The summed E-state index contributed by atoms with van der Waals surface area (Å²) in [5, 5.41) is 0. The number of rotatable bonds is 1. The van der Waals surface area contributed by atoms with Crippen LogP contribution in [-0.2, 0) is 4.79 Å². The maximum absolute atomic E-state index is 10.8. The first-order valence-electron chi connectivity index (χ1n) is 4.58. The van der Waals surface area contributed by atoms with Gasteiger partial charge >= 0.3 is 0 Å². The molecule has 1 saturated heterocycles. The number of fused-ring (bicyclic) bond motifs is 2.